The lowest BCUT2D eigenvalue weighted by molar-refractivity contribution is -0.134. The van der Waals surface area contributed by atoms with E-state index in [0.717, 1.165) is 44.8 Å². The van der Waals surface area contributed by atoms with Crippen LogP contribution in [0.15, 0.2) is 6.20 Å². The van der Waals surface area contributed by atoms with E-state index >= 15 is 0 Å². The number of nitrogens with zero attached hydrogens (tertiary/aromatic N) is 5. The normalized spacial score (nSPS) is 24.3. The highest BCUT2D eigenvalue weighted by Gasteiger charge is 2.32. The van der Waals surface area contributed by atoms with Gasteiger partial charge in [-0.3, -0.25) is 14.4 Å². The third-order valence-corrected chi connectivity index (χ3v) is 4.08. The van der Waals surface area contributed by atoms with Crippen LogP contribution >= 0.6 is 0 Å². The molecular formula is C13H21N5O. The van der Waals surface area contributed by atoms with Crippen molar-refractivity contribution in [2.24, 2.45) is 13.0 Å². The molecule has 2 aliphatic rings. The van der Waals surface area contributed by atoms with Gasteiger partial charge in [-0.05, 0) is 25.8 Å². The minimum atomic E-state index is 0.190. The maximum Gasteiger partial charge on any atom is 0.227 e. The lowest BCUT2D eigenvalue weighted by Gasteiger charge is -2.20. The van der Waals surface area contributed by atoms with Gasteiger partial charge in [0.2, 0.25) is 5.91 Å². The van der Waals surface area contributed by atoms with E-state index in [1.165, 1.54) is 12.8 Å². The van der Waals surface area contributed by atoms with Crippen LogP contribution in [0.25, 0.3) is 0 Å². The summed E-state index contributed by atoms with van der Waals surface area (Å²) in [6, 6.07) is 0. The molecule has 0 saturated carbocycles. The second-order valence-corrected chi connectivity index (χ2v) is 5.64. The zero-order valence-electron chi connectivity index (χ0n) is 11.5. The average molecular weight is 263 g/mol. The zero-order chi connectivity index (χ0) is 13.2. The molecule has 0 radical (unpaired) electrons. The van der Waals surface area contributed by atoms with Crippen LogP contribution in [0.4, 0.5) is 0 Å². The molecular weight excluding hydrogens is 242 g/mol. The molecule has 2 aliphatic heterocycles. The number of carbonyl (C=O) groups excluding carboxylic acids is 1. The van der Waals surface area contributed by atoms with Crippen LogP contribution in [-0.4, -0.2) is 56.9 Å². The highest BCUT2D eigenvalue weighted by molar-refractivity contribution is 5.79. The van der Waals surface area contributed by atoms with Crippen molar-refractivity contribution < 1.29 is 4.79 Å². The average Bonchev–Trinajstić information content (AvgIpc) is 3.10. The van der Waals surface area contributed by atoms with Gasteiger partial charge in [0.05, 0.1) is 11.6 Å². The van der Waals surface area contributed by atoms with Crippen molar-refractivity contribution in [3.8, 4) is 0 Å². The predicted molar refractivity (Wildman–Crippen MR) is 70.2 cm³/mol. The van der Waals surface area contributed by atoms with Crippen molar-refractivity contribution in [3.05, 3.63) is 11.9 Å². The molecule has 1 aromatic rings. The van der Waals surface area contributed by atoms with Gasteiger partial charge in [0.15, 0.2) is 0 Å². The molecule has 6 nitrogen and oxygen atoms in total. The van der Waals surface area contributed by atoms with Crippen LogP contribution in [0.1, 0.15) is 25.0 Å². The quantitative estimate of drug-likeness (QED) is 0.785. The highest BCUT2D eigenvalue weighted by Crippen LogP contribution is 2.22. The third kappa shape index (κ3) is 2.78. The molecule has 1 unspecified atom stereocenters. The maximum absolute atomic E-state index is 12.3. The van der Waals surface area contributed by atoms with Gasteiger partial charge in [0.25, 0.3) is 0 Å². The fourth-order valence-corrected chi connectivity index (χ4v) is 3.07. The van der Waals surface area contributed by atoms with Crippen molar-refractivity contribution in [3.63, 3.8) is 0 Å². The van der Waals surface area contributed by atoms with Crippen molar-refractivity contribution >= 4 is 5.91 Å². The Morgan fingerprint density at radius 2 is 2.16 bits per heavy atom. The van der Waals surface area contributed by atoms with Crippen LogP contribution in [0.2, 0.25) is 0 Å². The Kier molecular flexibility index (Phi) is 3.50. The summed E-state index contributed by atoms with van der Waals surface area (Å²) in [5.41, 5.74) is 0.983. The van der Waals surface area contributed by atoms with Crippen LogP contribution in [-0.2, 0) is 18.4 Å². The Bertz CT molecular complexity index is 452. The Labute approximate surface area is 113 Å². The number of carbonyl (C=O) groups is 1. The van der Waals surface area contributed by atoms with Crippen LogP contribution in [0, 0.1) is 5.92 Å². The van der Waals surface area contributed by atoms with Gasteiger partial charge in [0, 0.05) is 39.4 Å². The lowest BCUT2D eigenvalue weighted by atomic mass is 10.1. The minimum Gasteiger partial charge on any atom is -0.342 e. The predicted octanol–water partition coefficient (Wildman–Crippen LogP) is 0.259. The van der Waals surface area contributed by atoms with Gasteiger partial charge in [0.1, 0.15) is 0 Å². The topological polar surface area (TPSA) is 54.3 Å². The Morgan fingerprint density at radius 1 is 1.37 bits per heavy atom. The molecule has 2 fully saturated rings. The van der Waals surface area contributed by atoms with E-state index in [1.807, 2.05) is 18.1 Å². The lowest BCUT2D eigenvalue weighted by Crippen LogP contribution is -2.35. The summed E-state index contributed by atoms with van der Waals surface area (Å²) in [5.74, 6) is 0.550. The van der Waals surface area contributed by atoms with Gasteiger partial charge < -0.3 is 4.90 Å². The van der Waals surface area contributed by atoms with Crippen molar-refractivity contribution in [1.29, 1.82) is 0 Å². The SMILES string of the molecule is Cn1cc(CN2CCC(C(=O)N3CCCC3)C2)nn1. The Morgan fingerprint density at radius 3 is 2.84 bits per heavy atom. The fourth-order valence-electron chi connectivity index (χ4n) is 3.07. The molecule has 3 rings (SSSR count). The molecule has 0 N–H and O–H groups in total. The standard InChI is InChI=1S/C13H21N5O/c1-16-9-12(14-15-16)10-17-7-4-11(8-17)13(19)18-5-2-3-6-18/h9,11H,2-8,10H2,1H3. The van der Waals surface area contributed by atoms with Gasteiger partial charge in [-0.1, -0.05) is 5.21 Å². The molecule has 1 amide bonds. The first kappa shape index (κ1) is 12.6. The first-order valence-corrected chi connectivity index (χ1v) is 7.09. The zero-order valence-corrected chi connectivity index (χ0v) is 11.5. The van der Waals surface area contributed by atoms with E-state index in [-0.39, 0.29) is 5.92 Å². The number of hydrogen-bond acceptors (Lipinski definition) is 4. The van der Waals surface area contributed by atoms with E-state index in [9.17, 15) is 4.79 Å². The number of rotatable bonds is 3. The summed E-state index contributed by atoms with van der Waals surface area (Å²) in [4.78, 5) is 16.7. The van der Waals surface area contributed by atoms with Crippen LogP contribution < -0.4 is 0 Å². The molecule has 0 aliphatic carbocycles. The van der Waals surface area contributed by atoms with Gasteiger partial charge in [-0.25, -0.2) is 0 Å². The van der Waals surface area contributed by atoms with Gasteiger partial charge in [-0.15, -0.1) is 5.10 Å². The molecule has 3 heterocycles. The summed E-state index contributed by atoms with van der Waals surface area (Å²) in [7, 11) is 1.88. The molecule has 0 aromatic carbocycles. The second kappa shape index (κ2) is 5.28. The first-order chi connectivity index (χ1) is 9.22. The van der Waals surface area contributed by atoms with E-state index in [0.29, 0.717) is 5.91 Å². The molecule has 0 bridgehead atoms. The van der Waals surface area contributed by atoms with Gasteiger partial charge >= 0.3 is 0 Å². The number of aryl methyl sites for hydroxylation is 1. The van der Waals surface area contributed by atoms with E-state index in [4.69, 9.17) is 0 Å². The fraction of sp³-hybridized carbons (Fsp3) is 0.769. The molecule has 0 spiro atoms. The molecule has 2 saturated heterocycles. The number of aromatic nitrogens is 3. The summed E-state index contributed by atoms with van der Waals surface area (Å²) >= 11 is 0. The minimum absolute atomic E-state index is 0.190. The number of amides is 1. The second-order valence-electron chi connectivity index (χ2n) is 5.64. The third-order valence-electron chi connectivity index (χ3n) is 4.08. The van der Waals surface area contributed by atoms with E-state index in [1.54, 1.807) is 4.68 Å². The van der Waals surface area contributed by atoms with E-state index in [2.05, 4.69) is 15.2 Å². The van der Waals surface area contributed by atoms with Crippen molar-refractivity contribution in [2.45, 2.75) is 25.8 Å². The summed E-state index contributed by atoms with van der Waals surface area (Å²) in [5, 5.41) is 8.04. The van der Waals surface area contributed by atoms with Crippen LogP contribution in [0.3, 0.4) is 0 Å². The largest absolute Gasteiger partial charge is 0.342 e. The molecule has 1 aromatic heterocycles. The monoisotopic (exact) mass is 263 g/mol. The first-order valence-electron chi connectivity index (χ1n) is 7.09. The summed E-state index contributed by atoms with van der Waals surface area (Å²) < 4.78 is 1.72. The molecule has 19 heavy (non-hydrogen) atoms. The summed E-state index contributed by atoms with van der Waals surface area (Å²) in [6.45, 7) is 4.57. The highest BCUT2D eigenvalue weighted by atomic mass is 16.2. The van der Waals surface area contributed by atoms with Crippen LogP contribution in [0.5, 0.6) is 0 Å². The Hall–Kier alpha value is -1.43. The van der Waals surface area contributed by atoms with Crippen molar-refractivity contribution in [2.75, 3.05) is 26.2 Å². The van der Waals surface area contributed by atoms with Gasteiger partial charge in [-0.2, -0.15) is 0 Å². The summed E-state index contributed by atoms with van der Waals surface area (Å²) in [6.07, 6.45) is 5.26. The Balaban J connectivity index is 1.53. The molecule has 104 valence electrons. The maximum atomic E-state index is 12.3. The number of hydrogen-bond donors (Lipinski definition) is 0. The smallest absolute Gasteiger partial charge is 0.227 e. The number of likely N-dealkylation sites (tertiary alicyclic amines) is 2. The molecule has 6 heteroatoms. The van der Waals surface area contributed by atoms with Crippen molar-refractivity contribution in [1.82, 2.24) is 24.8 Å². The van der Waals surface area contributed by atoms with E-state index < -0.39 is 0 Å². The molecule has 1 atom stereocenters.